The van der Waals surface area contributed by atoms with Crippen LogP contribution in [0.2, 0.25) is 0 Å². The Hall–Kier alpha value is -1.03. The van der Waals surface area contributed by atoms with Crippen molar-refractivity contribution in [3.63, 3.8) is 0 Å². The Morgan fingerprint density at radius 3 is 3.07 bits per heavy atom. The number of anilines is 1. The van der Waals surface area contributed by atoms with Gasteiger partial charge in [-0.2, -0.15) is 5.10 Å². The fraction of sp³-hybridized carbons (Fsp3) is 0.727. The van der Waals surface area contributed by atoms with Gasteiger partial charge in [-0.15, -0.1) is 0 Å². The van der Waals surface area contributed by atoms with E-state index in [1.807, 2.05) is 17.9 Å². The molecular formula is C11H20N4. The molecule has 0 bridgehead atoms. The number of nitrogens with zero attached hydrogens (tertiary/aromatic N) is 3. The summed E-state index contributed by atoms with van der Waals surface area (Å²) in [5, 5.41) is 4.32. The highest BCUT2D eigenvalue weighted by atomic mass is 15.4. The maximum atomic E-state index is 6.00. The molecule has 15 heavy (non-hydrogen) atoms. The summed E-state index contributed by atoms with van der Waals surface area (Å²) in [4.78, 5) is 2.38. The molecule has 1 aromatic heterocycles. The van der Waals surface area contributed by atoms with E-state index in [0.717, 1.165) is 25.9 Å². The van der Waals surface area contributed by atoms with Crippen molar-refractivity contribution in [3.05, 3.63) is 11.8 Å². The lowest BCUT2D eigenvalue weighted by atomic mass is 10.1. The van der Waals surface area contributed by atoms with E-state index in [-0.39, 0.29) is 0 Å². The third-order valence-electron chi connectivity index (χ3n) is 3.12. The normalized spacial score (nSPS) is 22.1. The van der Waals surface area contributed by atoms with Gasteiger partial charge in [-0.1, -0.05) is 6.92 Å². The molecule has 4 heteroatoms. The van der Waals surface area contributed by atoms with Gasteiger partial charge in [-0.25, -0.2) is 0 Å². The molecule has 84 valence electrons. The highest BCUT2D eigenvalue weighted by Crippen LogP contribution is 2.23. The van der Waals surface area contributed by atoms with Crippen LogP contribution in [0.4, 0.5) is 5.82 Å². The van der Waals surface area contributed by atoms with E-state index in [0.29, 0.717) is 6.04 Å². The van der Waals surface area contributed by atoms with Crippen LogP contribution < -0.4 is 10.6 Å². The summed E-state index contributed by atoms with van der Waals surface area (Å²) >= 11 is 0. The Bertz CT molecular complexity index is 331. The molecule has 1 atom stereocenters. The fourth-order valence-corrected chi connectivity index (χ4v) is 2.34. The second-order valence-corrected chi connectivity index (χ2v) is 4.32. The summed E-state index contributed by atoms with van der Waals surface area (Å²) in [6.07, 6.45) is 5.34. The molecule has 1 aromatic rings. The van der Waals surface area contributed by atoms with Crippen LogP contribution in [0.3, 0.4) is 0 Å². The lowest BCUT2D eigenvalue weighted by Crippen LogP contribution is -2.43. The molecule has 2 heterocycles. The summed E-state index contributed by atoms with van der Waals surface area (Å²) in [7, 11) is 2.01. The minimum Gasteiger partial charge on any atom is -0.355 e. The molecule has 0 saturated carbocycles. The van der Waals surface area contributed by atoms with Crippen LogP contribution in [0.15, 0.2) is 6.20 Å². The lowest BCUT2D eigenvalue weighted by molar-refractivity contribution is 0.496. The van der Waals surface area contributed by atoms with E-state index in [4.69, 9.17) is 5.73 Å². The fourth-order valence-electron chi connectivity index (χ4n) is 2.34. The van der Waals surface area contributed by atoms with Gasteiger partial charge < -0.3 is 10.6 Å². The Morgan fingerprint density at radius 1 is 1.60 bits per heavy atom. The summed E-state index contributed by atoms with van der Waals surface area (Å²) in [6, 6.07) is 0.318. The summed E-state index contributed by atoms with van der Waals surface area (Å²) < 4.78 is 1.97. The van der Waals surface area contributed by atoms with Gasteiger partial charge in [-0.3, -0.25) is 4.68 Å². The van der Waals surface area contributed by atoms with Gasteiger partial charge in [0.05, 0.1) is 6.20 Å². The number of piperidine rings is 1. The van der Waals surface area contributed by atoms with Crippen molar-refractivity contribution in [2.24, 2.45) is 12.8 Å². The second-order valence-electron chi connectivity index (χ2n) is 4.32. The SMILES string of the molecule is CCc1cnn(C)c1N1CCC[C@H](N)C1. The first-order valence-electron chi connectivity index (χ1n) is 5.73. The predicted octanol–water partition coefficient (Wildman–Crippen LogP) is 0.910. The molecule has 1 aliphatic rings. The van der Waals surface area contributed by atoms with Crippen molar-refractivity contribution in [3.8, 4) is 0 Å². The topological polar surface area (TPSA) is 47.1 Å². The van der Waals surface area contributed by atoms with E-state index in [1.165, 1.54) is 17.8 Å². The molecule has 4 nitrogen and oxygen atoms in total. The molecule has 0 unspecified atom stereocenters. The van der Waals surface area contributed by atoms with Crippen molar-refractivity contribution in [1.29, 1.82) is 0 Å². The zero-order valence-corrected chi connectivity index (χ0v) is 9.61. The molecule has 2 N–H and O–H groups in total. The van der Waals surface area contributed by atoms with Gasteiger partial charge in [0.25, 0.3) is 0 Å². The van der Waals surface area contributed by atoms with E-state index >= 15 is 0 Å². The van der Waals surface area contributed by atoms with Crippen LogP contribution >= 0.6 is 0 Å². The standard InChI is InChI=1S/C11H20N4/c1-3-9-7-13-14(2)11(9)15-6-4-5-10(12)8-15/h7,10H,3-6,8,12H2,1-2H3/t10-/m0/s1. The van der Waals surface area contributed by atoms with Gasteiger partial charge in [0.15, 0.2) is 0 Å². The minimum absolute atomic E-state index is 0.318. The molecule has 0 aromatic carbocycles. The molecule has 1 saturated heterocycles. The predicted molar refractivity (Wildman–Crippen MR) is 62.0 cm³/mol. The summed E-state index contributed by atoms with van der Waals surface area (Å²) in [5.74, 6) is 1.26. The largest absolute Gasteiger partial charge is 0.355 e. The Labute approximate surface area is 91.1 Å². The van der Waals surface area contributed by atoms with Crippen LogP contribution in [0, 0.1) is 0 Å². The maximum absolute atomic E-state index is 6.00. The van der Waals surface area contributed by atoms with Crippen LogP contribution in [0.5, 0.6) is 0 Å². The average molecular weight is 208 g/mol. The third-order valence-corrected chi connectivity index (χ3v) is 3.12. The van der Waals surface area contributed by atoms with E-state index in [9.17, 15) is 0 Å². The number of rotatable bonds is 2. The Kier molecular flexibility index (Phi) is 2.95. The lowest BCUT2D eigenvalue weighted by Gasteiger charge is -2.33. The van der Waals surface area contributed by atoms with E-state index in [2.05, 4.69) is 16.9 Å². The Morgan fingerprint density at radius 2 is 2.40 bits per heavy atom. The van der Waals surface area contributed by atoms with Crippen molar-refractivity contribution in [2.45, 2.75) is 32.2 Å². The molecule has 1 aliphatic heterocycles. The maximum Gasteiger partial charge on any atom is 0.129 e. The van der Waals surface area contributed by atoms with E-state index < -0.39 is 0 Å². The van der Waals surface area contributed by atoms with Crippen LogP contribution in [0.1, 0.15) is 25.3 Å². The van der Waals surface area contributed by atoms with Gasteiger partial charge in [0.1, 0.15) is 5.82 Å². The van der Waals surface area contributed by atoms with Crippen molar-refractivity contribution < 1.29 is 0 Å². The van der Waals surface area contributed by atoms with Gasteiger partial charge >= 0.3 is 0 Å². The first kappa shape index (κ1) is 10.5. The van der Waals surface area contributed by atoms with Crippen molar-refractivity contribution in [2.75, 3.05) is 18.0 Å². The third kappa shape index (κ3) is 2.00. The van der Waals surface area contributed by atoms with Crippen LogP contribution in [-0.4, -0.2) is 28.9 Å². The number of aromatic nitrogens is 2. The smallest absolute Gasteiger partial charge is 0.129 e. The number of hydrogen-bond acceptors (Lipinski definition) is 3. The highest BCUT2D eigenvalue weighted by molar-refractivity contribution is 5.47. The van der Waals surface area contributed by atoms with Gasteiger partial charge in [0, 0.05) is 31.7 Å². The van der Waals surface area contributed by atoms with E-state index in [1.54, 1.807) is 0 Å². The Balaban J connectivity index is 2.23. The molecule has 2 rings (SSSR count). The van der Waals surface area contributed by atoms with Crippen molar-refractivity contribution >= 4 is 5.82 Å². The first-order valence-corrected chi connectivity index (χ1v) is 5.73. The zero-order chi connectivity index (χ0) is 10.8. The zero-order valence-electron chi connectivity index (χ0n) is 9.61. The molecule has 1 fully saturated rings. The molecule has 0 spiro atoms. The van der Waals surface area contributed by atoms with Gasteiger partial charge in [-0.05, 0) is 19.3 Å². The number of aryl methyl sites for hydroxylation is 2. The second kappa shape index (κ2) is 4.23. The molecule has 0 aliphatic carbocycles. The minimum atomic E-state index is 0.318. The first-order chi connectivity index (χ1) is 7.22. The highest BCUT2D eigenvalue weighted by Gasteiger charge is 2.21. The molecular weight excluding hydrogens is 188 g/mol. The van der Waals surface area contributed by atoms with Crippen LogP contribution in [-0.2, 0) is 13.5 Å². The van der Waals surface area contributed by atoms with Crippen molar-refractivity contribution in [1.82, 2.24) is 9.78 Å². The number of hydrogen-bond donors (Lipinski definition) is 1. The summed E-state index contributed by atoms with van der Waals surface area (Å²) in [6.45, 7) is 4.25. The molecule has 0 amide bonds. The number of nitrogens with two attached hydrogens (primary N) is 1. The average Bonchev–Trinajstić information content (AvgIpc) is 2.59. The van der Waals surface area contributed by atoms with Crippen LogP contribution in [0.25, 0.3) is 0 Å². The molecule has 0 radical (unpaired) electrons. The van der Waals surface area contributed by atoms with Gasteiger partial charge in [0.2, 0.25) is 0 Å². The monoisotopic (exact) mass is 208 g/mol. The quantitative estimate of drug-likeness (QED) is 0.786. The summed E-state index contributed by atoms with van der Waals surface area (Å²) in [5.41, 5.74) is 7.33.